The second-order valence-corrected chi connectivity index (χ2v) is 11.6. The average molecular weight is 502 g/mol. The van der Waals surface area contributed by atoms with Gasteiger partial charge in [-0.15, -0.1) is 0 Å². The van der Waals surface area contributed by atoms with Crippen molar-refractivity contribution in [2.45, 2.75) is 118 Å². The topological polar surface area (TPSA) is 101 Å². The Labute approximate surface area is 211 Å². The Morgan fingerprint density at radius 2 is 1.57 bits per heavy atom. The van der Waals surface area contributed by atoms with Gasteiger partial charge in [0.2, 0.25) is 0 Å². The van der Waals surface area contributed by atoms with Crippen molar-refractivity contribution in [3.63, 3.8) is 0 Å². The molecule has 1 rings (SSSR count). The highest BCUT2D eigenvalue weighted by Crippen LogP contribution is 2.26. The molecule has 1 saturated heterocycles. The molecule has 1 heterocycles. The zero-order valence-corrected chi connectivity index (χ0v) is 23.3. The van der Waals surface area contributed by atoms with Crippen LogP contribution in [0.4, 0.5) is 9.59 Å². The van der Waals surface area contributed by atoms with Crippen molar-refractivity contribution in [2.75, 3.05) is 19.8 Å². The van der Waals surface area contributed by atoms with Crippen LogP contribution < -0.4 is 0 Å². The number of hydrogen-bond donors (Lipinski definition) is 0. The number of carbonyl (C=O) groups is 3. The Balaban J connectivity index is 3.29. The van der Waals surface area contributed by atoms with Crippen molar-refractivity contribution in [3.8, 4) is 0 Å². The fraction of sp³-hybridized carbons (Fsp3) is 0.885. The van der Waals surface area contributed by atoms with Crippen molar-refractivity contribution in [1.82, 2.24) is 4.90 Å². The number of amides is 2. The van der Waals surface area contributed by atoms with Crippen molar-refractivity contribution < 1.29 is 38.1 Å². The molecular weight excluding hydrogens is 454 g/mol. The third-order valence-electron chi connectivity index (χ3n) is 5.23. The van der Waals surface area contributed by atoms with Gasteiger partial charge in [0.1, 0.15) is 17.3 Å². The van der Waals surface area contributed by atoms with Crippen LogP contribution in [0.25, 0.3) is 0 Å². The molecule has 35 heavy (non-hydrogen) atoms. The Morgan fingerprint density at radius 3 is 2.03 bits per heavy atom. The Hall–Kier alpha value is -1.87. The highest BCUT2D eigenvalue weighted by Gasteiger charge is 2.44. The van der Waals surface area contributed by atoms with Gasteiger partial charge in [0.15, 0.2) is 6.04 Å². The van der Waals surface area contributed by atoms with E-state index >= 15 is 0 Å². The lowest BCUT2D eigenvalue weighted by molar-refractivity contribution is -0.163. The van der Waals surface area contributed by atoms with Gasteiger partial charge in [0.05, 0.1) is 19.3 Å². The molecule has 2 amide bonds. The van der Waals surface area contributed by atoms with Gasteiger partial charge in [-0.3, -0.25) is 0 Å². The smallest absolute Gasteiger partial charge is 0.420 e. The van der Waals surface area contributed by atoms with Gasteiger partial charge in [-0.1, -0.05) is 27.2 Å². The Morgan fingerprint density at radius 1 is 1.03 bits per heavy atom. The first-order valence-corrected chi connectivity index (χ1v) is 12.7. The van der Waals surface area contributed by atoms with Crippen LogP contribution >= 0.6 is 0 Å². The van der Waals surface area contributed by atoms with Crippen LogP contribution in [0.3, 0.4) is 0 Å². The summed E-state index contributed by atoms with van der Waals surface area (Å²) in [6.45, 7) is 18.7. The lowest BCUT2D eigenvalue weighted by Crippen LogP contribution is -2.54. The minimum atomic E-state index is -1.36. The SMILES string of the molecule is CCCOC1C(CCC(C)C)COCC(N(C(=O)OC(C)(C)C)C(=O)OC(C)(C)C)C(=O)OC1C. The van der Waals surface area contributed by atoms with Gasteiger partial charge in [0.25, 0.3) is 0 Å². The molecule has 204 valence electrons. The molecule has 0 bridgehead atoms. The third-order valence-corrected chi connectivity index (χ3v) is 5.23. The predicted octanol–water partition coefficient (Wildman–Crippen LogP) is 5.34. The molecule has 0 aromatic heterocycles. The summed E-state index contributed by atoms with van der Waals surface area (Å²) in [5.74, 6) is -0.291. The third kappa shape index (κ3) is 11.2. The monoisotopic (exact) mass is 501 g/mol. The van der Waals surface area contributed by atoms with E-state index in [1.807, 2.05) is 6.92 Å². The summed E-state index contributed by atoms with van der Waals surface area (Å²) in [5.41, 5.74) is -1.79. The quantitative estimate of drug-likeness (QED) is 0.340. The summed E-state index contributed by atoms with van der Waals surface area (Å²) in [7, 11) is 0. The molecule has 0 aliphatic carbocycles. The van der Waals surface area contributed by atoms with Crippen molar-refractivity contribution >= 4 is 18.2 Å². The minimum absolute atomic E-state index is 0.0120. The Bertz CT molecular complexity index is 666. The second kappa shape index (κ2) is 13.4. The van der Waals surface area contributed by atoms with Crippen LogP contribution in [0, 0.1) is 11.8 Å². The maximum absolute atomic E-state index is 13.3. The molecular formula is C26H47NO8. The van der Waals surface area contributed by atoms with Crippen LogP contribution in [-0.2, 0) is 28.5 Å². The highest BCUT2D eigenvalue weighted by atomic mass is 16.6. The number of hydrogen-bond acceptors (Lipinski definition) is 8. The van der Waals surface area contributed by atoms with E-state index in [0.29, 0.717) is 24.0 Å². The largest absolute Gasteiger partial charge is 0.458 e. The van der Waals surface area contributed by atoms with Crippen LogP contribution in [0.2, 0.25) is 0 Å². The standard InChI is InChI=1S/C26H47NO8/c1-11-14-32-21-18(4)33-22(28)20(16-31-15-19(21)13-12-17(2)3)27(23(29)34-25(5,6)7)24(30)35-26(8,9)10/h17-21H,11-16H2,1-10H3. The maximum Gasteiger partial charge on any atom is 0.420 e. The lowest BCUT2D eigenvalue weighted by atomic mass is 9.91. The number of rotatable bonds is 7. The van der Waals surface area contributed by atoms with Crippen LogP contribution in [0.15, 0.2) is 0 Å². The maximum atomic E-state index is 13.3. The lowest BCUT2D eigenvalue weighted by Gasteiger charge is -2.32. The molecule has 9 heteroatoms. The summed E-state index contributed by atoms with van der Waals surface area (Å²) in [4.78, 5) is 40.1. The van der Waals surface area contributed by atoms with E-state index in [0.717, 1.165) is 19.3 Å². The number of ether oxygens (including phenoxy) is 5. The number of esters is 1. The van der Waals surface area contributed by atoms with Crippen LogP contribution in [-0.4, -0.2) is 72.3 Å². The molecule has 4 unspecified atom stereocenters. The fourth-order valence-electron chi connectivity index (χ4n) is 3.66. The molecule has 1 aliphatic heterocycles. The first-order valence-electron chi connectivity index (χ1n) is 12.7. The van der Waals surface area contributed by atoms with Gasteiger partial charge in [0, 0.05) is 12.5 Å². The van der Waals surface area contributed by atoms with Gasteiger partial charge in [-0.2, -0.15) is 4.90 Å². The van der Waals surface area contributed by atoms with Crippen molar-refractivity contribution in [2.24, 2.45) is 11.8 Å². The van der Waals surface area contributed by atoms with E-state index in [9.17, 15) is 14.4 Å². The van der Waals surface area contributed by atoms with Crippen LogP contribution in [0.1, 0.15) is 88.5 Å². The van der Waals surface area contributed by atoms with E-state index in [1.54, 1.807) is 48.5 Å². The van der Waals surface area contributed by atoms with E-state index in [4.69, 9.17) is 23.7 Å². The minimum Gasteiger partial charge on any atom is -0.458 e. The van der Waals surface area contributed by atoms with Gasteiger partial charge in [-0.25, -0.2) is 14.4 Å². The predicted molar refractivity (Wildman–Crippen MR) is 132 cm³/mol. The van der Waals surface area contributed by atoms with Gasteiger partial charge >= 0.3 is 18.2 Å². The Kier molecular flexibility index (Phi) is 12.0. The van der Waals surface area contributed by atoms with Crippen molar-refractivity contribution in [1.29, 1.82) is 0 Å². The molecule has 1 fully saturated rings. The second-order valence-electron chi connectivity index (χ2n) is 11.6. The number of nitrogens with zero attached hydrogens (tertiary/aromatic N) is 1. The molecule has 0 spiro atoms. The summed E-state index contributed by atoms with van der Waals surface area (Å²) < 4.78 is 28.7. The fourth-order valence-corrected chi connectivity index (χ4v) is 3.66. The van der Waals surface area contributed by atoms with E-state index in [-0.39, 0.29) is 18.6 Å². The molecule has 1 aliphatic rings. The molecule has 0 radical (unpaired) electrons. The molecule has 4 atom stereocenters. The summed E-state index contributed by atoms with van der Waals surface area (Å²) in [6.07, 6.45) is -0.351. The summed E-state index contributed by atoms with van der Waals surface area (Å²) >= 11 is 0. The highest BCUT2D eigenvalue weighted by molar-refractivity contribution is 5.94. The summed E-state index contributed by atoms with van der Waals surface area (Å²) in [6, 6.07) is -1.36. The van der Waals surface area contributed by atoms with Gasteiger partial charge in [-0.05, 0) is 67.2 Å². The average Bonchev–Trinajstić information content (AvgIpc) is 2.72. The normalized spacial score (nSPS) is 24.1. The molecule has 0 saturated carbocycles. The zero-order chi connectivity index (χ0) is 27.0. The first-order chi connectivity index (χ1) is 16.1. The number of carbonyl (C=O) groups excluding carboxylic acids is 3. The molecule has 0 N–H and O–H groups in total. The van der Waals surface area contributed by atoms with E-state index in [1.165, 1.54) is 0 Å². The van der Waals surface area contributed by atoms with Crippen molar-refractivity contribution in [3.05, 3.63) is 0 Å². The number of cyclic esters (lactones) is 1. The van der Waals surface area contributed by atoms with E-state index < -0.39 is 41.5 Å². The molecule has 0 aromatic rings. The molecule has 0 aromatic carbocycles. The van der Waals surface area contributed by atoms with E-state index in [2.05, 4.69) is 13.8 Å². The molecule has 9 nitrogen and oxygen atoms in total. The first kappa shape index (κ1) is 31.2. The van der Waals surface area contributed by atoms with Crippen LogP contribution in [0.5, 0.6) is 0 Å². The summed E-state index contributed by atoms with van der Waals surface area (Å²) in [5, 5.41) is 0. The van der Waals surface area contributed by atoms with Gasteiger partial charge < -0.3 is 23.7 Å². The number of imide groups is 1. The zero-order valence-electron chi connectivity index (χ0n) is 23.3.